The Morgan fingerprint density at radius 1 is 1.35 bits per heavy atom. The summed E-state index contributed by atoms with van der Waals surface area (Å²) in [5.41, 5.74) is 0.934. The zero-order valence-corrected chi connectivity index (χ0v) is 13.5. The van der Waals surface area contributed by atoms with Crippen molar-refractivity contribution in [3.8, 4) is 0 Å². The minimum atomic E-state index is -0.781. The molecule has 5 heteroatoms. The van der Waals surface area contributed by atoms with Crippen LogP contribution < -0.4 is 5.32 Å². The van der Waals surface area contributed by atoms with Crippen molar-refractivity contribution in [3.05, 3.63) is 36.0 Å². The number of fused-ring (bicyclic) bond motifs is 4. The van der Waals surface area contributed by atoms with Gasteiger partial charge in [-0.05, 0) is 37.9 Å². The maximum atomic E-state index is 12.6. The van der Waals surface area contributed by atoms with Crippen LogP contribution in [-0.2, 0) is 7.05 Å². The third kappa shape index (κ3) is 2.44. The zero-order valence-electron chi connectivity index (χ0n) is 13.5. The number of rotatable bonds is 3. The number of nitrogens with one attached hydrogen (secondary N) is 1. The maximum absolute atomic E-state index is 12.6. The Kier molecular flexibility index (Phi) is 3.43. The number of amides is 1. The average molecular weight is 313 g/mol. The Morgan fingerprint density at radius 3 is 2.78 bits per heavy atom. The van der Waals surface area contributed by atoms with E-state index in [0.29, 0.717) is 24.6 Å². The van der Waals surface area contributed by atoms with Crippen molar-refractivity contribution in [2.45, 2.75) is 18.4 Å². The molecule has 5 rings (SSSR count). The van der Waals surface area contributed by atoms with E-state index in [-0.39, 0.29) is 5.91 Å². The molecule has 5 nitrogen and oxygen atoms in total. The highest BCUT2D eigenvalue weighted by Gasteiger charge is 2.45. The molecule has 3 aliphatic rings. The number of carbonyl (C=O) groups excluding carboxylic acids is 1. The fourth-order valence-corrected chi connectivity index (χ4v) is 4.20. The quantitative estimate of drug-likeness (QED) is 0.900. The molecule has 0 spiro atoms. The molecule has 3 aliphatic heterocycles. The number of para-hydroxylation sites is 1. The second-order valence-electron chi connectivity index (χ2n) is 7.01. The van der Waals surface area contributed by atoms with Crippen molar-refractivity contribution in [1.29, 1.82) is 0 Å². The summed E-state index contributed by atoms with van der Waals surface area (Å²) in [5, 5.41) is 14.8. The summed E-state index contributed by atoms with van der Waals surface area (Å²) < 4.78 is 1.97. The van der Waals surface area contributed by atoms with E-state index in [1.807, 2.05) is 42.1 Å². The highest BCUT2D eigenvalue weighted by Crippen LogP contribution is 2.35. The lowest BCUT2D eigenvalue weighted by molar-refractivity contribution is -0.108. The van der Waals surface area contributed by atoms with Crippen LogP contribution in [0.1, 0.15) is 23.2 Å². The van der Waals surface area contributed by atoms with Crippen molar-refractivity contribution in [2.24, 2.45) is 13.0 Å². The highest BCUT2D eigenvalue weighted by molar-refractivity contribution is 6.07. The van der Waals surface area contributed by atoms with Gasteiger partial charge in [0, 0.05) is 37.2 Å². The third-order valence-electron chi connectivity index (χ3n) is 5.54. The van der Waals surface area contributed by atoms with Gasteiger partial charge in [0.1, 0.15) is 0 Å². The van der Waals surface area contributed by atoms with Gasteiger partial charge >= 0.3 is 0 Å². The molecule has 3 fully saturated rings. The van der Waals surface area contributed by atoms with Crippen LogP contribution in [0.4, 0.5) is 0 Å². The second kappa shape index (κ2) is 5.35. The van der Waals surface area contributed by atoms with Gasteiger partial charge in [0.15, 0.2) is 0 Å². The van der Waals surface area contributed by atoms with E-state index in [9.17, 15) is 9.90 Å². The van der Waals surface area contributed by atoms with Gasteiger partial charge in [0.05, 0.1) is 11.2 Å². The largest absolute Gasteiger partial charge is 0.386 e. The van der Waals surface area contributed by atoms with Crippen molar-refractivity contribution < 1.29 is 9.90 Å². The molecule has 0 saturated carbocycles. The summed E-state index contributed by atoms with van der Waals surface area (Å²) >= 11 is 0. The van der Waals surface area contributed by atoms with Gasteiger partial charge in [-0.15, -0.1) is 0 Å². The SMILES string of the molecule is Cn1cc(C(=O)NCC2(O)CN3CCC2CC3)c2ccccc21. The number of hydrogen-bond acceptors (Lipinski definition) is 3. The Labute approximate surface area is 135 Å². The fourth-order valence-electron chi connectivity index (χ4n) is 4.20. The third-order valence-corrected chi connectivity index (χ3v) is 5.54. The first kappa shape index (κ1) is 14.7. The molecule has 1 aromatic heterocycles. The number of aromatic nitrogens is 1. The molecule has 23 heavy (non-hydrogen) atoms. The van der Waals surface area contributed by atoms with Gasteiger partial charge in [0.25, 0.3) is 5.91 Å². The number of aliphatic hydroxyl groups is 1. The first-order valence-corrected chi connectivity index (χ1v) is 8.34. The van der Waals surface area contributed by atoms with Crippen molar-refractivity contribution in [2.75, 3.05) is 26.2 Å². The fraction of sp³-hybridized carbons (Fsp3) is 0.500. The number of hydrogen-bond donors (Lipinski definition) is 2. The average Bonchev–Trinajstić information content (AvgIpc) is 2.91. The van der Waals surface area contributed by atoms with E-state index >= 15 is 0 Å². The van der Waals surface area contributed by atoms with Gasteiger partial charge in [0.2, 0.25) is 0 Å². The predicted octanol–water partition coefficient (Wildman–Crippen LogP) is 1.36. The topological polar surface area (TPSA) is 57.5 Å². The minimum absolute atomic E-state index is 0.105. The minimum Gasteiger partial charge on any atom is -0.386 e. The molecule has 1 aromatic carbocycles. The van der Waals surface area contributed by atoms with Crippen LogP contribution in [0.25, 0.3) is 10.9 Å². The lowest BCUT2D eigenvalue weighted by Crippen LogP contribution is -2.63. The summed E-state index contributed by atoms with van der Waals surface area (Å²) in [4.78, 5) is 14.9. The van der Waals surface area contributed by atoms with Crippen molar-refractivity contribution in [1.82, 2.24) is 14.8 Å². The Balaban J connectivity index is 1.52. The molecule has 1 amide bonds. The molecule has 2 aromatic rings. The summed E-state index contributed by atoms with van der Waals surface area (Å²) in [5.74, 6) is 0.201. The summed E-state index contributed by atoms with van der Waals surface area (Å²) in [6.45, 7) is 3.15. The van der Waals surface area contributed by atoms with Crippen LogP contribution >= 0.6 is 0 Å². The normalized spacial score (nSPS) is 29.8. The van der Waals surface area contributed by atoms with E-state index in [1.54, 1.807) is 0 Å². The van der Waals surface area contributed by atoms with Gasteiger partial charge in [-0.1, -0.05) is 18.2 Å². The molecule has 1 unspecified atom stereocenters. The maximum Gasteiger partial charge on any atom is 0.253 e. The van der Waals surface area contributed by atoms with E-state index in [0.717, 1.165) is 36.8 Å². The first-order chi connectivity index (χ1) is 11.1. The van der Waals surface area contributed by atoms with Gasteiger partial charge in [-0.2, -0.15) is 0 Å². The van der Waals surface area contributed by atoms with Gasteiger partial charge in [-0.25, -0.2) is 0 Å². The molecular weight excluding hydrogens is 290 g/mol. The van der Waals surface area contributed by atoms with E-state index in [2.05, 4.69) is 10.2 Å². The number of aryl methyl sites for hydroxylation is 1. The molecule has 3 saturated heterocycles. The standard InChI is InChI=1S/C18H23N3O2/c1-20-10-15(14-4-2-3-5-16(14)20)17(22)19-11-18(23)12-21-8-6-13(18)7-9-21/h2-5,10,13,23H,6-9,11-12H2,1H3,(H,19,22). The van der Waals surface area contributed by atoms with E-state index in [1.165, 1.54) is 0 Å². The lowest BCUT2D eigenvalue weighted by Gasteiger charge is -2.50. The monoisotopic (exact) mass is 313 g/mol. The van der Waals surface area contributed by atoms with E-state index < -0.39 is 5.60 Å². The van der Waals surface area contributed by atoms with Crippen molar-refractivity contribution >= 4 is 16.8 Å². The van der Waals surface area contributed by atoms with Crippen LogP contribution in [0.15, 0.2) is 30.5 Å². The molecule has 2 N–H and O–H groups in total. The Hall–Kier alpha value is -1.85. The van der Waals surface area contributed by atoms with Gasteiger partial charge in [-0.3, -0.25) is 4.79 Å². The Bertz CT molecular complexity index is 746. The molecule has 2 bridgehead atoms. The predicted molar refractivity (Wildman–Crippen MR) is 89.4 cm³/mol. The van der Waals surface area contributed by atoms with Crippen LogP contribution in [0.2, 0.25) is 0 Å². The molecule has 4 heterocycles. The number of piperidine rings is 3. The van der Waals surface area contributed by atoms with Gasteiger partial charge < -0.3 is 19.9 Å². The van der Waals surface area contributed by atoms with Crippen LogP contribution in [0.3, 0.4) is 0 Å². The summed E-state index contributed by atoms with van der Waals surface area (Å²) in [7, 11) is 1.94. The van der Waals surface area contributed by atoms with Crippen molar-refractivity contribution in [3.63, 3.8) is 0 Å². The molecular formula is C18H23N3O2. The number of nitrogens with zero attached hydrogens (tertiary/aromatic N) is 2. The molecule has 0 aliphatic carbocycles. The second-order valence-corrected chi connectivity index (χ2v) is 7.01. The van der Waals surface area contributed by atoms with E-state index in [4.69, 9.17) is 0 Å². The molecule has 122 valence electrons. The van der Waals surface area contributed by atoms with Crippen LogP contribution in [0, 0.1) is 5.92 Å². The Morgan fingerprint density at radius 2 is 2.09 bits per heavy atom. The number of carbonyl (C=O) groups is 1. The first-order valence-electron chi connectivity index (χ1n) is 8.34. The van der Waals surface area contributed by atoms with Crippen LogP contribution in [-0.4, -0.2) is 52.3 Å². The smallest absolute Gasteiger partial charge is 0.253 e. The molecule has 1 atom stereocenters. The number of benzene rings is 1. The summed E-state index contributed by atoms with van der Waals surface area (Å²) in [6.07, 6.45) is 3.92. The lowest BCUT2D eigenvalue weighted by atomic mass is 9.75. The van der Waals surface area contributed by atoms with Crippen LogP contribution in [0.5, 0.6) is 0 Å². The highest BCUT2D eigenvalue weighted by atomic mass is 16.3. The summed E-state index contributed by atoms with van der Waals surface area (Å²) in [6, 6.07) is 7.89. The zero-order chi connectivity index (χ0) is 16.0. The molecule has 0 radical (unpaired) electrons.